The van der Waals surface area contributed by atoms with Crippen molar-refractivity contribution in [3.05, 3.63) is 57.5 Å². The van der Waals surface area contributed by atoms with E-state index in [1.807, 2.05) is 31.2 Å². The van der Waals surface area contributed by atoms with Gasteiger partial charge in [0.25, 0.3) is 0 Å². The minimum Gasteiger partial charge on any atom is -0.313 e. The first-order valence-corrected chi connectivity index (χ1v) is 8.59. The Balaban J connectivity index is 1.74. The van der Waals surface area contributed by atoms with E-state index in [1.54, 1.807) is 17.4 Å². The lowest BCUT2D eigenvalue weighted by atomic mass is 9.96. The minimum absolute atomic E-state index is 0.194. The number of anilines is 1. The standard InChI is InChI=1S/C19H18N2OS/c1-13-6-8-14(9-7-13)10-11-18(22)21-19-16(12-20)15-4-2-3-5-17(15)23-19/h6-11H,2-5H2,1H3,(H,21,22)/b11-10+. The predicted molar refractivity (Wildman–Crippen MR) is 94.5 cm³/mol. The van der Waals surface area contributed by atoms with Crippen molar-refractivity contribution in [2.45, 2.75) is 32.6 Å². The normalized spacial score (nSPS) is 13.6. The van der Waals surface area contributed by atoms with Gasteiger partial charge in [-0.3, -0.25) is 4.79 Å². The Morgan fingerprint density at radius 1 is 1.26 bits per heavy atom. The first kappa shape index (κ1) is 15.5. The first-order valence-electron chi connectivity index (χ1n) is 7.78. The number of benzene rings is 1. The van der Waals surface area contributed by atoms with Crippen molar-refractivity contribution in [1.82, 2.24) is 0 Å². The molecule has 0 aliphatic heterocycles. The highest BCUT2D eigenvalue weighted by atomic mass is 32.1. The van der Waals surface area contributed by atoms with E-state index >= 15 is 0 Å². The van der Waals surface area contributed by atoms with E-state index in [9.17, 15) is 10.1 Å². The molecular weight excluding hydrogens is 304 g/mol. The van der Waals surface area contributed by atoms with E-state index in [2.05, 4.69) is 11.4 Å². The fourth-order valence-corrected chi connectivity index (χ4v) is 4.02. The highest BCUT2D eigenvalue weighted by Gasteiger charge is 2.21. The van der Waals surface area contributed by atoms with Gasteiger partial charge in [0, 0.05) is 11.0 Å². The van der Waals surface area contributed by atoms with Crippen molar-refractivity contribution >= 4 is 28.3 Å². The van der Waals surface area contributed by atoms with Gasteiger partial charge >= 0.3 is 0 Å². The molecule has 23 heavy (non-hydrogen) atoms. The number of carbonyl (C=O) groups excluding carboxylic acids is 1. The van der Waals surface area contributed by atoms with Crippen molar-refractivity contribution < 1.29 is 4.79 Å². The van der Waals surface area contributed by atoms with Gasteiger partial charge in [0.2, 0.25) is 5.91 Å². The van der Waals surface area contributed by atoms with Crippen LogP contribution in [0.15, 0.2) is 30.3 Å². The van der Waals surface area contributed by atoms with E-state index in [0.29, 0.717) is 10.6 Å². The lowest BCUT2D eigenvalue weighted by molar-refractivity contribution is -0.111. The van der Waals surface area contributed by atoms with Crippen molar-refractivity contribution in [2.75, 3.05) is 5.32 Å². The lowest BCUT2D eigenvalue weighted by Gasteiger charge is -2.09. The molecule has 1 N–H and O–H groups in total. The Kier molecular flexibility index (Phi) is 4.59. The van der Waals surface area contributed by atoms with Gasteiger partial charge in [0.05, 0.1) is 5.56 Å². The molecule has 0 bridgehead atoms. The summed E-state index contributed by atoms with van der Waals surface area (Å²) < 4.78 is 0. The van der Waals surface area contributed by atoms with E-state index in [4.69, 9.17) is 0 Å². The summed E-state index contributed by atoms with van der Waals surface area (Å²) in [6.45, 7) is 2.03. The van der Waals surface area contributed by atoms with Crippen LogP contribution in [0.3, 0.4) is 0 Å². The highest BCUT2D eigenvalue weighted by Crippen LogP contribution is 2.37. The highest BCUT2D eigenvalue weighted by molar-refractivity contribution is 7.16. The summed E-state index contributed by atoms with van der Waals surface area (Å²) in [6.07, 6.45) is 7.56. The Morgan fingerprint density at radius 3 is 2.74 bits per heavy atom. The monoisotopic (exact) mass is 322 g/mol. The fraction of sp³-hybridized carbons (Fsp3) is 0.263. The number of nitrogens with one attached hydrogen (secondary N) is 1. The maximum atomic E-state index is 12.1. The smallest absolute Gasteiger partial charge is 0.249 e. The van der Waals surface area contributed by atoms with Crippen LogP contribution in [0.25, 0.3) is 6.08 Å². The number of rotatable bonds is 3. The molecule has 1 aliphatic rings. The number of thiophene rings is 1. The SMILES string of the molecule is Cc1ccc(/C=C/C(=O)Nc2sc3c(c2C#N)CCCC3)cc1. The topological polar surface area (TPSA) is 52.9 Å². The Bertz CT molecular complexity index is 794. The van der Waals surface area contributed by atoms with Crippen LogP contribution in [0.4, 0.5) is 5.00 Å². The van der Waals surface area contributed by atoms with Crippen LogP contribution in [0, 0.1) is 18.3 Å². The van der Waals surface area contributed by atoms with Gasteiger partial charge in [0.15, 0.2) is 0 Å². The zero-order valence-corrected chi connectivity index (χ0v) is 13.9. The second-order valence-electron chi connectivity index (χ2n) is 5.76. The summed E-state index contributed by atoms with van der Waals surface area (Å²) in [6, 6.07) is 10.2. The largest absolute Gasteiger partial charge is 0.313 e. The average molecular weight is 322 g/mol. The fourth-order valence-electron chi connectivity index (χ4n) is 2.78. The van der Waals surface area contributed by atoms with Crippen LogP contribution in [0.1, 0.15) is 40.0 Å². The van der Waals surface area contributed by atoms with E-state index < -0.39 is 0 Å². The summed E-state index contributed by atoms with van der Waals surface area (Å²) in [5, 5.41) is 13.0. The second-order valence-corrected chi connectivity index (χ2v) is 6.87. The van der Waals surface area contributed by atoms with E-state index in [-0.39, 0.29) is 5.91 Å². The molecule has 116 valence electrons. The number of hydrogen-bond acceptors (Lipinski definition) is 3. The molecule has 4 heteroatoms. The minimum atomic E-state index is -0.194. The molecule has 3 nitrogen and oxygen atoms in total. The van der Waals surface area contributed by atoms with Crippen molar-refractivity contribution in [3.8, 4) is 6.07 Å². The summed E-state index contributed by atoms with van der Waals surface area (Å²) in [5.74, 6) is -0.194. The number of carbonyl (C=O) groups is 1. The van der Waals surface area contributed by atoms with Gasteiger partial charge < -0.3 is 5.32 Å². The van der Waals surface area contributed by atoms with Crippen LogP contribution in [0.5, 0.6) is 0 Å². The molecule has 0 unspecified atom stereocenters. The summed E-state index contributed by atoms with van der Waals surface area (Å²) >= 11 is 1.55. The molecule has 0 spiro atoms. The number of amides is 1. The Hall–Kier alpha value is -2.38. The quantitative estimate of drug-likeness (QED) is 0.848. The number of hydrogen-bond donors (Lipinski definition) is 1. The van der Waals surface area contributed by atoms with Crippen LogP contribution >= 0.6 is 11.3 Å². The molecule has 1 heterocycles. The van der Waals surface area contributed by atoms with Crippen LogP contribution < -0.4 is 5.32 Å². The summed E-state index contributed by atoms with van der Waals surface area (Å²) in [4.78, 5) is 13.4. The van der Waals surface area contributed by atoms with Crippen LogP contribution in [-0.4, -0.2) is 5.91 Å². The van der Waals surface area contributed by atoms with Crippen LogP contribution in [-0.2, 0) is 17.6 Å². The van der Waals surface area contributed by atoms with Crippen LogP contribution in [0.2, 0.25) is 0 Å². The van der Waals surface area contributed by atoms with Crippen molar-refractivity contribution in [3.63, 3.8) is 0 Å². The van der Waals surface area contributed by atoms with Gasteiger partial charge in [0.1, 0.15) is 11.1 Å². The van der Waals surface area contributed by atoms with Gasteiger partial charge in [-0.25, -0.2) is 0 Å². The number of fused-ring (bicyclic) bond motifs is 1. The zero-order valence-electron chi connectivity index (χ0n) is 13.1. The molecule has 3 rings (SSSR count). The summed E-state index contributed by atoms with van der Waals surface area (Å²) in [7, 11) is 0. The molecule has 0 fully saturated rings. The predicted octanol–water partition coefficient (Wildman–Crippen LogP) is 4.46. The zero-order chi connectivity index (χ0) is 16.2. The number of nitrogens with zero attached hydrogens (tertiary/aromatic N) is 1. The molecule has 2 aromatic rings. The van der Waals surface area contributed by atoms with Crippen molar-refractivity contribution in [1.29, 1.82) is 5.26 Å². The third-order valence-corrected chi connectivity index (χ3v) is 5.23. The lowest BCUT2D eigenvalue weighted by Crippen LogP contribution is -2.07. The Morgan fingerprint density at radius 2 is 2.00 bits per heavy atom. The molecule has 1 aromatic heterocycles. The molecule has 1 amide bonds. The molecule has 0 saturated heterocycles. The van der Waals surface area contributed by atoms with E-state index in [1.165, 1.54) is 22.9 Å². The van der Waals surface area contributed by atoms with Gasteiger partial charge in [-0.2, -0.15) is 5.26 Å². The third kappa shape index (κ3) is 3.52. The maximum Gasteiger partial charge on any atom is 0.249 e. The molecular formula is C19H18N2OS. The Labute approximate surface area is 140 Å². The summed E-state index contributed by atoms with van der Waals surface area (Å²) in [5.41, 5.74) is 3.97. The maximum absolute atomic E-state index is 12.1. The third-order valence-electron chi connectivity index (χ3n) is 4.02. The van der Waals surface area contributed by atoms with Gasteiger partial charge in [-0.15, -0.1) is 11.3 Å². The van der Waals surface area contributed by atoms with Gasteiger partial charge in [-0.1, -0.05) is 29.8 Å². The van der Waals surface area contributed by atoms with E-state index in [0.717, 1.165) is 30.4 Å². The van der Waals surface area contributed by atoms with Crippen molar-refractivity contribution in [2.24, 2.45) is 0 Å². The number of aryl methyl sites for hydroxylation is 2. The molecule has 0 radical (unpaired) electrons. The number of nitriles is 1. The second kappa shape index (κ2) is 6.80. The average Bonchev–Trinajstić information content (AvgIpc) is 2.91. The van der Waals surface area contributed by atoms with Gasteiger partial charge in [-0.05, 0) is 49.8 Å². The molecule has 0 saturated carbocycles. The molecule has 1 aliphatic carbocycles. The first-order chi connectivity index (χ1) is 11.2. The molecule has 1 aromatic carbocycles. The molecule has 0 atom stereocenters.